The molecule has 1 aromatic heterocycles. The van der Waals surface area contributed by atoms with E-state index in [4.69, 9.17) is 0 Å². The van der Waals surface area contributed by atoms with E-state index in [2.05, 4.69) is 20.5 Å². The number of nitrogens with one attached hydrogen (secondary N) is 2. The van der Waals surface area contributed by atoms with E-state index in [0.717, 1.165) is 12.1 Å². The highest BCUT2D eigenvalue weighted by Crippen LogP contribution is 2.17. The van der Waals surface area contributed by atoms with Gasteiger partial charge in [0.25, 0.3) is 5.91 Å². The van der Waals surface area contributed by atoms with Crippen LogP contribution in [-0.4, -0.2) is 26.2 Å². The first-order chi connectivity index (χ1) is 8.16. The van der Waals surface area contributed by atoms with Crippen LogP contribution in [0.25, 0.3) is 0 Å². The number of carbonyl (C=O) groups is 1. The number of phenols is 1. The average molecular weight is 236 g/mol. The van der Waals surface area contributed by atoms with Crippen molar-refractivity contribution in [2.75, 3.05) is 0 Å². The van der Waals surface area contributed by atoms with Crippen LogP contribution in [0.1, 0.15) is 16.2 Å². The fourth-order valence-electron chi connectivity index (χ4n) is 1.27. The molecule has 0 spiro atoms. The SMILES string of the molecule is O=C(NCc1ncn[nH]1)c1ccc(F)cc1O. The van der Waals surface area contributed by atoms with E-state index in [0.29, 0.717) is 5.82 Å². The summed E-state index contributed by atoms with van der Waals surface area (Å²) in [6.45, 7) is 0.148. The van der Waals surface area contributed by atoms with Crippen LogP contribution in [0.4, 0.5) is 4.39 Å². The Kier molecular flexibility index (Phi) is 2.99. The molecule has 2 rings (SSSR count). The highest BCUT2D eigenvalue weighted by atomic mass is 19.1. The van der Waals surface area contributed by atoms with Crippen molar-refractivity contribution in [3.05, 3.63) is 41.7 Å². The van der Waals surface area contributed by atoms with Crippen molar-refractivity contribution in [2.45, 2.75) is 6.54 Å². The molecule has 6 nitrogen and oxygen atoms in total. The van der Waals surface area contributed by atoms with E-state index in [1.807, 2.05) is 0 Å². The molecule has 88 valence electrons. The minimum absolute atomic E-state index is 0.00548. The fraction of sp³-hybridized carbons (Fsp3) is 0.100. The zero-order valence-electron chi connectivity index (χ0n) is 8.64. The summed E-state index contributed by atoms with van der Waals surface area (Å²) in [6.07, 6.45) is 1.32. The number of H-pyrrole nitrogens is 1. The van der Waals surface area contributed by atoms with Gasteiger partial charge in [0.2, 0.25) is 0 Å². The Balaban J connectivity index is 2.04. The number of phenolic OH excluding ortho intramolecular Hbond substituents is 1. The number of carbonyl (C=O) groups excluding carboxylic acids is 1. The molecule has 0 saturated heterocycles. The molecular formula is C10H9FN4O2. The number of hydrogen-bond acceptors (Lipinski definition) is 4. The molecule has 0 unspecified atom stereocenters. The molecule has 0 atom stereocenters. The van der Waals surface area contributed by atoms with Crippen LogP contribution >= 0.6 is 0 Å². The summed E-state index contributed by atoms with van der Waals surface area (Å²) in [7, 11) is 0. The molecule has 2 aromatic rings. The molecule has 0 aliphatic heterocycles. The van der Waals surface area contributed by atoms with Crippen molar-refractivity contribution >= 4 is 5.91 Å². The van der Waals surface area contributed by atoms with Crippen LogP contribution in [0.15, 0.2) is 24.5 Å². The summed E-state index contributed by atoms with van der Waals surface area (Å²) < 4.78 is 12.7. The summed E-state index contributed by atoms with van der Waals surface area (Å²) in [6, 6.07) is 3.19. The Labute approximate surface area is 95.5 Å². The van der Waals surface area contributed by atoms with Crippen LogP contribution in [-0.2, 0) is 6.54 Å². The minimum Gasteiger partial charge on any atom is -0.507 e. The van der Waals surface area contributed by atoms with Gasteiger partial charge >= 0.3 is 0 Å². The van der Waals surface area contributed by atoms with Gasteiger partial charge in [-0.05, 0) is 12.1 Å². The van der Waals surface area contributed by atoms with Crippen molar-refractivity contribution in [1.29, 1.82) is 0 Å². The molecular weight excluding hydrogens is 227 g/mol. The molecule has 1 heterocycles. The molecule has 0 bridgehead atoms. The smallest absolute Gasteiger partial charge is 0.255 e. The van der Waals surface area contributed by atoms with E-state index < -0.39 is 17.5 Å². The number of rotatable bonds is 3. The topological polar surface area (TPSA) is 90.9 Å². The van der Waals surface area contributed by atoms with Gasteiger partial charge in [-0.2, -0.15) is 5.10 Å². The van der Waals surface area contributed by atoms with Gasteiger partial charge in [-0.1, -0.05) is 0 Å². The summed E-state index contributed by atoms with van der Waals surface area (Å²) in [4.78, 5) is 15.4. The van der Waals surface area contributed by atoms with E-state index in [1.54, 1.807) is 0 Å². The summed E-state index contributed by atoms with van der Waals surface area (Å²) in [5.74, 6) is -1.03. The maximum Gasteiger partial charge on any atom is 0.255 e. The molecule has 1 aromatic carbocycles. The standard InChI is InChI=1S/C10H9FN4O2/c11-6-1-2-7(8(16)3-6)10(17)12-4-9-13-5-14-15-9/h1-3,5,16H,4H2,(H,12,17)(H,13,14,15). The number of amides is 1. The molecule has 17 heavy (non-hydrogen) atoms. The maximum atomic E-state index is 12.7. The van der Waals surface area contributed by atoms with Crippen molar-refractivity contribution in [2.24, 2.45) is 0 Å². The molecule has 0 fully saturated rings. The third kappa shape index (κ3) is 2.57. The van der Waals surface area contributed by atoms with Crippen molar-refractivity contribution < 1.29 is 14.3 Å². The summed E-state index contributed by atoms with van der Waals surface area (Å²) in [5.41, 5.74) is 0.00548. The van der Waals surface area contributed by atoms with Crippen molar-refractivity contribution in [1.82, 2.24) is 20.5 Å². The number of nitrogens with zero attached hydrogens (tertiary/aromatic N) is 2. The lowest BCUT2D eigenvalue weighted by Crippen LogP contribution is -2.23. The normalized spacial score (nSPS) is 10.2. The highest BCUT2D eigenvalue weighted by Gasteiger charge is 2.11. The number of aromatic hydroxyl groups is 1. The highest BCUT2D eigenvalue weighted by molar-refractivity contribution is 5.96. The second-order valence-electron chi connectivity index (χ2n) is 3.28. The first-order valence-corrected chi connectivity index (χ1v) is 4.78. The predicted molar refractivity (Wildman–Crippen MR) is 55.6 cm³/mol. The van der Waals surface area contributed by atoms with Crippen LogP contribution in [0.5, 0.6) is 5.75 Å². The molecule has 3 N–H and O–H groups in total. The zero-order valence-corrected chi connectivity index (χ0v) is 8.64. The van der Waals surface area contributed by atoms with E-state index in [1.165, 1.54) is 12.4 Å². The second-order valence-corrected chi connectivity index (χ2v) is 3.28. The lowest BCUT2D eigenvalue weighted by atomic mass is 10.2. The molecule has 7 heteroatoms. The average Bonchev–Trinajstić information content (AvgIpc) is 2.78. The number of halogens is 1. The molecule has 1 amide bonds. The molecule has 0 aliphatic rings. The Bertz CT molecular complexity index is 527. The first-order valence-electron chi connectivity index (χ1n) is 4.78. The van der Waals surface area contributed by atoms with E-state index in [9.17, 15) is 14.3 Å². The lowest BCUT2D eigenvalue weighted by molar-refractivity contribution is 0.0947. The first kappa shape index (κ1) is 11.1. The Morgan fingerprint density at radius 1 is 1.53 bits per heavy atom. The molecule has 0 radical (unpaired) electrons. The second kappa shape index (κ2) is 4.60. The van der Waals surface area contributed by atoms with E-state index in [-0.39, 0.29) is 12.1 Å². The van der Waals surface area contributed by atoms with Crippen LogP contribution < -0.4 is 5.32 Å². The predicted octanol–water partition coefficient (Wildman–Crippen LogP) is 0.579. The van der Waals surface area contributed by atoms with Gasteiger partial charge in [0, 0.05) is 6.07 Å². The number of aromatic amines is 1. The third-order valence-corrected chi connectivity index (χ3v) is 2.09. The number of aromatic nitrogens is 3. The van der Waals surface area contributed by atoms with Crippen LogP contribution in [0, 0.1) is 5.82 Å². The van der Waals surface area contributed by atoms with Gasteiger partial charge in [0.05, 0.1) is 12.1 Å². The summed E-state index contributed by atoms with van der Waals surface area (Å²) in [5, 5.41) is 18.1. The van der Waals surface area contributed by atoms with Gasteiger partial charge in [-0.15, -0.1) is 0 Å². The van der Waals surface area contributed by atoms with Gasteiger partial charge < -0.3 is 10.4 Å². The summed E-state index contributed by atoms with van der Waals surface area (Å²) >= 11 is 0. The monoisotopic (exact) mass is 236 g/mol. The minimum atomic E-state index is -0.603. The Morgan fingerprint density at radius 2 is 2.35 bits per heavy atom. The number of benzene rings is 1. The van der Waals surface area contributed by atoms with Crippen LogP contribution in [0.3, 0.4) is 0 Å². The van der Waals surface area contributed by atoms with Crippen molar-refractivity contribution in [3.8, 4) is 5.75 Å². The van der Waals surface area contributed by atoms with Crippen LogP contribution in [0.2, 0.25) is 0 Å². The van der Waals surface area contributed by atoms with E-state index >= 15 is 0 Å². The van der Waals surface area contributed by atoms with Gasteiger partial charge in [0.1, 0.15) is 23.7 Å². The zero-order chi connectivity index (χ0) is 12.3. The number of hydrogen-bond donors (Lipinski definition) is 3. The fourth-order valence-corrected chi connectivity index (χ4v) is 1.27. The molecule has 0 aliphatic carbocycles. The largest absolute Gasteiger partial charge is 0.507 e. The lowest BCUT2D eigenvalue weighted by Gasteiger charge is -2.05. The Hall–Kier alpha value is -2.44. The van der Waals surface area contributed by atoms with Gasteiger partial charge in [0.15, 0.2) is 0 Å². The quantitative estimate of drug-likeness (QED) is 0.727. The maximum absolute atomic E-state index is 12.7. The van der Waals surface area contributed by atoms with Gasteiger partial charge in [-0.25, -0.2) is 9.37 Å². The Morgan fingerprint density at radius 3 is 3.00 bits per heavy atom. The molecule has 0 saturated carbocycles. The van der Waals surface area contributed by atoms with Crippen molar-refractivity contribution in [3.63, 3.8) is 0 Å². The van der Waals surface area contributed by atoms with Gasteiger partial charge in [-0.3, -0.25) is 9.89 Å². The third-order valence-electron chi connectivity index (χ3n) is 2.09.